The molecule has 1 aliphatic heterocycles. The second kappa shape index (κ2) is 4.28. The van der Waals surface area contributed by atoms with Crippen molar-refractivity contribution in [1.29, 1.82) is 0 Å². The summed E-state index contributed by atoms with van der Waals surface area (Å²) < 4.78 is 16.2. The van der Waals surface area contributed by atoms with Crippen LogP contribution >= 0.6 is 0 Å². The number of halogens is 1. The van der Waals surface area contributed by atoms with Crippen LogP contribution in [0.15, 0.2) is 12.1 Å². The van der Waals surface area contributed by atoms with E-state index in [-0.39, 0.29) is 11.6 Å². The Hall–Kier alpha value is -1.55. The summed E-state index contributed by atoms with van der Waals surface area (Å²) >= 11 is 0. The smallest absolute Gasteiger partial charge is 0.151 e. The van der Waals surface area contributed by atoms with E-state index in [1.807, 2.05) is 0 Å². The maximum atomic E-state index is 14.1. The van der Waals surface area contributed by atoms with Gasteiger partial charge in [0.05, 0.1) is 5.52 Å². The topological polar surface area (TPSA) is 37.2 Å². The Labute approximate surface area is 105 Å². The van der Waals surface area contributed by atoms with E-state index in [0.29, 0.717) is 5.52 Å². The number of nitrogens with one attached hydrogen (secondary N) is 1. The van der Waals surface area contributed by atoms with Crippen LogP contribution in [-0.2, 0) is 19.4 Å². The minimum atomic E-state index is -0.326. The number of rotatable bonds is 1. The van der Waals surface area contributed by atoms with Crippen molar-refractivity contribution in [2.45, 2.75) is 26.3 Å². The number of hydrogen-bond acceptors (Lipinski definition) is 2. The number of phenols is 1. The van der Waals surface area contributed by atoms with Gasteiger partial charge in [-0.2, -0.15) is 0 Å². The van der Waals surface area contributed by atoms with Gasteiger partial charge in [-0.1, -0.05) is 6.92 Å². The van der Waals surface area contributed by atoms with Gasteiger partial charge in [-0.15, -0.1) is 0 Å². The van der Waals surface area contributed by atoms with E-state index >= 15 is 0 Å². The lowest BCUT2D eigenvalue weighted by molar-refractivity contribution is 0.470. The molecular formula is C14H17FN2O. The van der Waals surface area contributed by atoms with Crippen LogP contribution in [0.4, 0.5) is 4.39 Å². The lowest BCUT2D eigenvalue weighted by Crippen LogP contribution is -2.17. The molecule has 0 unspecified atom stereocenters. The minimum Gasteiger partial charge on any atom is -0.508 e. The molecule has 2 aromatic rings. The second-order valence-electron chi connectivity index (χ2n) is 4.75. The third kappa shape index (κ3) is 1.60. The molecule has 0 aliphatic carbocycles. The summed E-state index contributed by atoms with van der Waals surface area (Å²) in [7, 11) is 0. The van der Waals surface area contributed by atoms with E-state index < -0.39 is 0 Å². The monoisotopic (exact) mass is 248 g/mol. The standard InChI is InChI=1S/C14H17FN2O/c1-2-10-11-7-9(18)8-12(15)14(11)17-6-5-16-4-3-13(10)17/h7-8,16,18H,2-6H2,1H3. The highest BCUT2D eigenvalue weighted by Crippen LogP contribution is 2.32. The van der Waals surface area contributed by atoms with Gasteiger partial charge >= 0.3 is 0 Å². The van der Waals surface area contributed by atoms with Gasteiger partial charge in [-0.05, 0) is 18.1 Å². The van der Waals surface area contributed by atoms with Crippen molar-refractivity contribution in [3.05, 3.63) is 29.2 Å². The van der Waals surface area contributed by atoms with E-state index in [4.69, 9.17) is 0 Å². The van der Waals surface area contributed by atoms with E-state index in [2.05, 4.69) is 16.8 Å². The number of benzene rings is 1. The highest BCUT2D eigenvalue weighted by molar-refractivity contribution is 5.87. The number of nitrogens with zero attached hydrogens (tertiary/aromatic N) is 1. The minimum absolute atomic E-state index is 0.00795. The highest BCUT2D eigenvalue weighted by atomic mass is 19.1. The molecule has 1 aromatic heterocycles. The Morgan fingerprint density at radius 3 is 3.00 bits per heavy atom. The zero-order valence-corrected chi connectivity index (χ0v) is 10.5. The van der Waals surface area contributed by atoms with Gasteiger partial charge in [0.25, 0.3) is 0 Å². The van der Waals surface area contributed by atoms with Crippen LogP contribution in [0.1, 0.15) is 18.2 Å². The molecule has 3 nitrogen and oxygen atoms in total. The molecule has 2 heterocycles. The van der Waals surface area contributed by atoms with Crippen molar-refractivity contribution in [3.63, 3.8) is 0 Å². The number of phenolic OH excluding ortho intramolecular Hbond substituents is 1. The molecule has 0 saturated heterocycles. The number of aromatic hydroxyl groups is 1. The van der Waals surface area contributed by atoms with Crippen LogP contribution in [0.2, 0.25) is 0 Å². The number of aromatic nitrogens is 1. The molecule has 96 valence electrons. The van der Waals surface area contributed by atoms with Crippen LogP contribution in [0.3, 0.4) is 0 Å². The molecule has 0 saturated carbocycles. The van der Waals surface area contributed by atoms with Crippen LogP contribution in [0.5, 0.6) is 5.75 Å². The first kappa shape index (κ1) is 11.5. The fraction of sp³-hybridized carbons (Fsp3) is 0.429. The first-order valence-corrected chi connectivity index (χ1v) is 6.45. The van der Waals surface area contributed by atoms with E-state index in [0.717, 1.165) is 37.9 Å². The Kier molecular flexibility index (Phi) is 2.74. The molecule has 1 aliphatic rings. The third-order valence-corrected chi connectivity index (χ3v) is 3.72. The van der Waals surface area contributed by atoms with Crippen molar-refractivity contribution in [1.82, 2.24) is 9.88 Å². The Morgan fingerprint density at radius 2 is 2.22 bits per heavy atom. The first-order valence-electron chi connectivity index (χ1n) is 6.45. The maximum Gasteiger partial charge on any atom is 0.151 e. The van der Waals surface area contributed by atoms with Crippen molar-refractivity contribution in [2.24, 2.45) is 0 Å². The molecule has 18 heavy (non-hydrogen) atoms. The normalized spacial score (nSPS) is 15.7. The van der Waals surface area contributed by atoms with Gasteiger partial charge in [0, 0.05) is 43.2 Å². The van der Waals surface area contributed by atoms with Crippen molar-refractivity contribution >= 4 is 10.9 Å². The van der Waals surface area contributed by atoms with Gasteiger partial charge in [-0.3, -0.25) is 0 Å². The van der Waals surface area contributed by atoms with E-state index in [1.54, 1.807) is 6.07 Å². The SMILES string of the molecule is CCc1c2n(c3c(F)cc(O)cc13)CCNCC2. The zero-order valence-electron chi connectivity index (χ0n) is 10.5. The predicted octanol–water partition coefficient (Wildman–Crippen LogP) is 2.19. The summed E-state index contributed by atoms with van der Waals surface area (Å²) in [5.74, 6) is -0.318. The third-order valence-electron chi connectivity index (χ3n) is 3.72. The van der Waals surface area contributed by atoms with Crippen LogP contribution in [0.25, 0.3) is 10.9 Å². The maximum absolute atomic E-state index is 14.1. The van der Waals surface area contributed by atoms with Crippen LogP contribution in [-0.4, -0.2) is 22.8 Å². The molecule has 0 fully saturated rings. The predicted molar refractivity (Wildman–Crippen MR) is 69.5 cm³/mol. The Bertz CT molecular complexity index is 604. The fourth-order valence-corrected chi connectivity index (χ4v) is 2.99. The van der Waals surface area contributed by atoms with Gasteiger partial charge in [0.1, 0.15) is 5.75 Å². The molecule has 0 amide bonds. The first-order chi connectivity index (χ1) is 8.72. The van der Waals surface area contributed by atoms with Gasteiger partial charge < -0.3 is 15.0 Å². The molecule has 0 radical (unpaired) electrons. The average molecular weight is 248 g/mol. The molecule has 0 spiro atoms. The van der Waals surface area contributed by atoms with E-state index in [1.165, 1.54) is 17.3 Å². The van der Waals surface area contributed by atoms with Crippen LogP contribution < -0.4 is 5.32 Å². The highest BCUT2D eigenvalue weighted by Gasteiger charge is 2.20. The van der Waals surface area contributed by atoms with Crippen molar-refractivity contribution in [3.8, 4) is 5.75 Å². The summed E-state index contributed by atoms with van der Waals surface area (Å²) in [6, 6.07) is 2.89. The van der Waals surface area contributed by atoms with Crippen LogP contribution in [0, 0.1) is 5.82 Å². The molecular weight excluding hydrogens is 231 g/mol. The molecule has 3 rings (SSSR count). The molecule has 0 bridgehead atoms. The van der Waals surface area contributed by atoms with E-state index in [9.17, 15) is 9.50 Å². The lowest BCUT2D eigenvalue weighted by Gasteiger charge is -2.07. The summed E-state index contributed by atoms with van der Waals surface area (Å²) in [5.41, 5.74) is 3.02. The average Bonchev–Trinajstić information content (AvgIpc) is 2.49. The number of hydrogen-bond donors (Lipinski definition) is 2. The molecule has 4 heteroatoms. The lowest BCUT2D eigenvalue weighted by atomic mass is 10.1. The van der Waals surface area contributed by atoms with Gasteiger partial charge in [0.2, 0.25) is 0 Å². The largest absolute Gasteiger partial charge is 0.508 e. The van der Waals surface area contributed by atoms with Crippen molar-refractivity contribution in [2.75, 3.05) is 13.1 Å². The Morgan fingerprint density at radius 1 is 1.39 bits per heavy atom. The van der Waals surface area contributed by atoms with Gasteiger partial charge in [-0.25, -0.2) is 4.39 Å². The second-order valence-corrected chi connectivity index (χ2v) is 4.75. The summed E-state index contributed by atoms with van der Waals surface area (Å²) in [5, 5.41) is 13.8. The number of aryl methyl sites for hydroxylation is 1. The quantitative estimate of drug-likeness (QED) is 0.811. The molecule has 1 aromatic carbocycles. The summed E-state index contributed by atoms with van der Waals surface area (Å²) in [4.78, 5) is 0. The number of fused-ring (bicyclic) bond motifs is 3. The fourth-order valence-electron chi connectivity index (χ4n) is 2.99. The Balaban J connectivity index is 2.38. The summed E-state index contributed by atoms with van der Waals surface area (Å²) in [6.07, 6.45) is 1.78. The van der Waals surface area contributed by atoms with Gasteiger partial charge in [0.15, 0.2) is 5.82 Å². The molecule has 0 atom stereocenters. The molecule has 2 N–H and O–H groups in total. The van der Waals surface area contributed by atoms with Crippen molar-refractivity contribution < 1.29 is 9.50 Å². The summed E-state index contributed by atoms with van der Waals surface area (Å²) in [6.45, 7) is 4.65. The zero-order chi connectivity index (χ0) is 12.7.